The molecule has 4 rings (SSSR count). The van der Waals surface area contributed by atoms with E-state index in [4.69, 9.17) is 9.47 Å². The first-order valence-electron chi connectivity index (χ1n) is 10.8. The second-order valence-electron chi connectivity index (χ2n) is 7.99. The number of methoxy groups -OCH3 is 1. The number of nitrogens with one attached hydrogen (secondary N) is 1. The smallest absolute Gasteiger partial charge is 0.329 e. The van der Waals surface area contributed by atoms with Crippen LogP contribution in [-0.4, -0.2) is 51.1 Å². The van der Waals surface area contributed by atoms with Crippen LogP contribution in [-0.2, 0) is 20.1 Å². The number of nitrogens with zero attached hydrogens (tertiary/aromatic N) is 4. The fourth-order valence-corrected chi connectivity index (χ4v) is 3.74. The Balaban J connectivity index is 1.63. The van der Waals surface area contributed by atoms with Gasteiger partial charge in [0.15, 0.2) is 11.2 Å². The average molecular weight is 466 g/mol. The number of ether oxygens (including phenoxy) is 2. The number of aliphatic hydroxyl groups excluding tert-OH is 1. The number of rotatable bonds is 9. The molecule has 2 heterocycles. The first-order chi connectivity index (χ1) is 16.4. The first-order valence-corrected chi connectivity index (χ1v) is 10.8. The molecule has 0 saturated carbocycles. The van der Waals surface area contributed by atoms with E-state index in [2.05, 4.69) is 9.97 Å². The lowest BCUT2D eigenvalue weighted by molar-refractivity contribution is 0.0936. The standard InChI is InChI=1S/C24H27N5O5/c1-27(13-16-7-5-4-6-8-16)23-25-21-20(22(31)26-24(32)28(21)2)29(23)14-17(30)15-34-19-11-9-18(33-3)10-12-19/h4-12,17,30H,13-15H2,1-3H3,(H,26,31,32). The summed E-state index contributed by atoms with van der Waals surface area (Å²) in [5.41, 5.74) is 0.387. The molecule has 0 aliphatic heterocycles. The number of fused-ring (bicyclic) bond motifs is 1. The fourth-order valence-electron chi connectivity index (χ4n) is 3.74. The molecule has 2 N–H and O–H groups in total. The molecule has 10 heteroatoms. The molecule has 2 aromatic carbocycles. The predicted octanol–water partition coefficient (Wildman–Crippen LogP) is 1.51. The lowest BCUT2D eigenvalue weighted by Crippen LogP contribution is -2.31. The van der Waals surface area contributed by atoms with Gasteiger partial charge in [-0.2, -0.15) is 4.98 Å². The van der Waals surface area contributed by atoms with Crippen molar-refractivity contribution in [2.24, 2.45) is 7.05 Å². The predicted molar refractivity (Wildman–Crippen MR) is 129 cm³/mol. The summed E-state index contributed by atoms with van der Waals surface area (Å²) in [6, 6.07) is 16.8. The Kier molecular flexibility index (Phi) is 6.69. The summed E-state index contributed by atoms with van der Waals surface area (Å²) in [6.07, 6.45) is -0.944. The van der Waals surface area contributed by atoms with Gasteiger partial charge in [-0.05, 0) is 29.8 Å². The third kappa shape index (κ3) is 4.81. The summed E-state index contributed by atoms with van der Waals surface area (Å²) in [5.74, 6) is 1.74. The van der Waals surface area contributed by atoms with Crippen LogP contribution in [0.15, 0.2) is 64.2 Å². The molecular formula is C24H27N5O5. The molecule has 0 amide bonds. The molecule has 0 aliphatic carbocycles. The number of imidazole rings is 1. The zero-order valence-corrected chi connectivity index (χ0v) is 19.3. The number of anilines is 1. The zero-order valence-electron chi connectivity index (χ0n) is 19.3. The van der Waals surface area contributed by atoms with Crippen LogP contribution in [0, 0.1) is 0 Å². The highest BCUT2D eigenvalue weighted by molar-refractivity contribution is 5.74. The Morgan fingerprint density at radius 3 is 2.44 bits per heavy atom. The number of H-pyrrole nitrogens is 1. The maximum atomic E-state index is 12.7. The molecule has 2 aromatic heterocycles. The van der Waals surface area contributed by atoms with Crippen LogP contribution in [0.3, 0.4) is 0 Å². The van der Waals surface area contributed by atoms with E-state index in [0.29, 0.717) is 24.0 Å². The number of hydrogen-bond acceptors (Lipinski definition) is 7. The molecule has 34 heavy (non-hydrogen) atoms. The monoisotopic (exact) mass is 465 g/mol. The van der Waals surface area contributed by atoms with Crippen molar-refractivity contribution < 1.29 is 14.6 Å². The van der Waals surface area contributed by atoms with Crippen LogP contribution >= 0.6 is 0 Å². The van der Waals surface area contributed by atoms with Crippen molar-refractivity contribution in [3.63, 3.8) is 0 Å². The van der Waals surface area contributed by atoms with E-state index >= 15 is 0 Å². The van der Waals surface area contributed by atoms with Crippen molar-refractivity contribution >= 4 is 17.1 Å². The lowest BCUT2D eigenvalue weighted by Gasteiger charge is -2.21. The highest BCUT2D eigenvalue weighted by Gasteiger charge is 2.22. The van der Waals surface area contributed by atoms with E-state index in [1.165, 1.54) is 4.57 Å². The van der Waals surface area contributed by atoms with E-state index in [1.54, 1.807) is 43.0 Å². The van der Waals surface area contributed by atoms with Crippen LogP contribution in [0.1, 0.15) is 5.56 Å². The average Bonchev–Trinajstić information content (AvgIpc) is 3.22. The number of aromatic amines is 1. The van der Waals surface area contributed by atoms with Gasteiger partial charge >= 0.3 is 5.69 Å². The number of hydrogen-bond donors (Lipinski definition) is 2. The van der Waals surface area contributed by atoms with Crippen LogP contribution in [0.5, 0.6) is 11.5 Å². The van der Waals surface area contributed by atoms with Gasteiger partial charge in [0.25, 0.3) is 5.56 Å². The van der Waals surface area contributed by atoms with Crippen molar-refractivity contribution in [3.05, 3.63) is 81.0 Å². The minimum atomic E-state index is -0.944. The maximum Gasteiger partial charge on any atom is 0.329 e. The Morgan fingerprint density at radius 2 is 1.76 bits per heavy atom. The third-order valence-electron chi connectivity index (χ3n) is 5.49. The van der Waals surface area contributed by atoms with Crippen LogP contribution < -0.4 is 25.6 Å². The van der Waals surface area contributed by atoms with Gasteiger partial charge in [0.05, 0.1) is 13.7 Å². The van der Waals surface area contributed by atoms with E-state index < -0.39 is 17.4 Å². The van der Waals surface area contributed by atoms with Gasteiger partial charge < -0.3 is 24.0 Å². The van der Waals surface area contributed by atoms with Crippen LogP contribution in [0.25, 0.3) is 11.2 Å². The summed E-state index contributed by atoms with van der Waals surface area (Å²) in [7, 11) is 4.97. The van der Waals surface area contributed by atoms with Gasteiger partial charge in [-0.25, -0.2) is 4.79 Å². The number of aliphatic hydroxyl groups is 1. The van der Waals surface area contributed by atoms with Gasteiger partial charge in [0, 0.05) is 20.6 Å². The third-order valence-corrected chi connectivity index (χ3v) is 5.49. The van der Waals surface area contributed by atoms with Crippen molar-refractivity contribution in [1.29, 1.82) is 0 Å². The molecule has 0 bridgehead atoms. The summed E-state index contributed by atoms with van der Waals surface area (Å²) in [5, 5.41) is 10.8. The first kappa shape index (κ1) is 23.1. The van der Waals surface area contributed by atoms with E-state index in [9.17, 15) is 14.7 Å². The highest BCUT2D eigenvalue weighted by Crippen LogP contribution is 2.22. The van der Waals surface area contributed by atoms with Gasteiger partial charge in [-0.3, -0.25) is 14.3 Å². The Morgan fingerprint density at radius 1 is 1.09 bits per heavy atom. The van der Waals surface area contributed by atoms with E-state index in [0.717, 1.165) is 5.56 Å². The second-order valence-corrected chi connectivity index (χ2v) is 7.99. The Hall–Kier alpha value is -4.05. The lowest BCUT2D eigenvalue weighted by atomic mass is 10.2. The van der Waals surface area contributed by atoms with E-state index in [1.807, 2.05) is 42.3 Å². The molecule has 0 aliphatic rings. The number of aryl methyl sites for hydroxylation is 1. The summed E-state index contributed by atoms with van der Waals surface area (Å²) in [6.45, 7) is 0.564. The summed E-state index contributed by atoms with van der Waals surface area (Å²) in [4.78, 5) is 33.6. The van der Waals surface area contributed by atoms with Gasteiger partial charge in [0.2, 0.25) is 5.95 Å². The highest BCUT2D eigenvalue weighted by atomic mass is 16.5. The molecule has 0 fully saturated rings. The molecule has 1 unspecified atom stereocenters. The molecule has 0 saturated heterocycles. The SMILES string of the molecule is COc1ccc(OCC(O)Cn2c(N(C)Cc3ccccc3)nc3c2c(=O)[nH]c(=O)n3C)cc1. The summed E-state index contributed by atoms with van der Waals surface area (Å²) < 4.78 is 13.7. The Labute approximate surface area is 195 Å². The number of benzene rings is 2. The molecule has 0 spiro atoms. The molecule has 178 valence electrons. The van der Waals surface area contributed by atoms with Crippen molar-refractivity contribution in [2.75, 3.05) is 25.7 Å². The van der Waals surface area contributed by atoms with Crippen LogP contribution in [0.2, 0.25) is 0 Å². The minimum Gasteiger partial charge on any atom is -0.497 e. The topological polar surface area (TPSA) is 115 Å². The van der Waals surface area contributed by atoms with Gasteiger partial charge in [-0.15, -0.1) is 0 Å². The minimum absolute atomic E-state index is 0.00247. The molecule has 1 atom stereocenters. The molecule has 0 radical (unpaired) electrons. The molecular weight excluding hydrogens is 438 g/mol. The van der Waals surface area contributed by atoms with Crippen molar-refractivity contribution in [1.82, 2.24) is 19.1 Å². The van der Waals surface area contributed by atoms with Crippen molar-refractivity contribution in [2.45, 2.75) is 19.2 Å². The van der Waals surface area contributed by atoms with Gasteiger partial charge in [-0.1, -0.05) is 30.3 Å². The fraction of sp³-hybridized carbons (Fsp3) is 0.292. The normalized spacial score (nSPS) is 12.0. The zero-order chi connectivity index (χ0) is 24.2. The maximum absolute atomic E-state index is 12.7. The molecule has 10 nitrogen and oxygen atoms in total. The van der Waals surface area contributed by atoms with E-state index in [-0.39, 0.29) is 24.3 Å². The second kappa shape index (κ2) is 9.84. The molecule has 4 aromatic rings. The van der Waals surface area contributed by atoms with Crippen molar-refractivity contribution in [3.8, 4) is 11.5 Å². The summed E-state index contributed by atoms with van der Waals surface area (Å²) >= 11 is 0. The number of aromatic nitrogens is 4. The Bertz CT molecular complexity index is 1380. The van der Waals surface area contributed by atoms with Gasteiger partial charge in [0.1, 0.15) is 24.2 Å². The quantitative estimate of drug-likeness (QED) is 0.385. The largest absolute Gasteiger partial charge is 0.497 e. The van der Waals surface area contributed by atoms with Crippen LogP contribution in [0.4, 0.5) is 5.95 Å².